The molecule has 1 amide bonds. The molecule has 22 heavy (non-hydrogen) atoms. The van der Waals surface area contributed by atoms with Crippen molar-refractivity contribution in [3.8, 4) is 0 Å². The van der Waals surface area contributed by atoms with E-state index in [1.54, 1.807) is 20.8 Å². The number of hydrogen-bond acceptors (Lipinski definition) is 6. The molecule has 126 valence electrons. The number of aliphatic imine (C=N–C) groups is 1. The Hall–Kier alpha value is -2.39. The minimum absolute atomic E-state index is 0.100. The van der Waals surface area contributed by atoms with Crippen LogP contribution in [-0.2, 0) is 9.53 Å². The smallest absolute Gasteiger partial charge is 0.408 e. The van der Waals surface area contributed by atoms with Gasteiger partial charge in [-0.25, -0.2) is 15.0 Å². The molecule has 0 fully saturated rings. The molecule has 0 heterocycles. The summed E-state index contributed by atoms with van der Waals surface area (Å²) in [4.78, 5) is 36.2. The highest BCUT2D eigenvalue weighted by Gasteiger charge is 2.23. The molecule has 0 spiro atoms. The van der Waals surface area contributed by atoms with Crippen molar-refractivity contribution < 1.29 is 19.4 Å². The molecule has 0 saturated heterocycles. The lowest BCUT2D eigenvalue weighted by molar-refractivity contribution is -0.139. The van der Waals surface area contributed by atoms with Gasteiger partial charge in [-0.1, -0.05) is 0 Å². The van der Waals surface area contributed by atoms with E-state index in [0.29, 0.717) is 19.4 Å². The minimum Gasteiger partial charge on any atom is -0.480 e. The Bertz CT molecular complexity index is 419. The Kier molecular flexibility index (Phi) is 8.49. The number of guanidine groups is 1. The Morgan fingerprint density at radius 3 is 2.45 bits per heavy atom. The van der Waals surface area contributed by atoms with Crippen LogP contribution in [0.5, 0.6) is 0 Å². The first-order valence-corrected chi connectivity index (χ1v) is 6.76. The van der Waals surface area contributed by atoms with E-state index in [0.717, 1.165) is 0 Å². The van der Waals surface area contributed by atoms with Gasteiger partial charge in [-0.05, 0) is 40.0 Å². The van der Waals surface area contributed by atoms with E-state index in [4.69, 9.17) is 15.6 Å². The van der Waals surface area contributed by atoms with Gasteiger partial charge in [0.25, 0.3) is 0 Å². The third kappa shape index (κ3) is 10.4. The highest BCUT2D eigenvalue weighted by Crippen LogP contribution is 2.08. The largest absolute Gasteiger partial charge is 0.480 e. The number of carboxylic acid groups (broad SMARTS) is 1. The molecule has 1 unspecified atom stereocenters. The number of carbonyl (C=O) groups excluding carboxylic acids is 1. The van der Waals surface area contributed by atoms with Gasteiger partial charge < -0.3 is 20.9 Å². The number of nitrogens with one attached hydrogen (secondary N) is 2. The standard InChI is InChI=1S/C12H23N5O5/c1-12(2,3)22-11(20)15-8(9(18)19)6-4-5-7-14-10(13)16-17-21/h8H,4-7H2,1-3H3,(H,15,20)(H,18,19)(H3,13,14,16,21). The molecule has 10 heteroatoms. The highest BCUT2D eigenvalue weighted by molar-refractivity contribution is 5.80. The van der Waals surface area contributed by atoms with Crippen molar-refractivity contribution in [2.45, 2.75) is 51.7 Å². The number of ether oxygens (including phenoxy) is 1. The summed E-state index contributed by atoms with van der Waals surface area (Å²) in [7, 11) is 0. The van der Waals surface area contributed by atoms with Crippen LogP contribution < -0.4 is 16.5 Å². The van der Waals surface area contributed by atoms with Gasteiger partial charge in [0.2, 0.25) is 5.96 Å². The molecule has 0 bridgehead atoms. The summed E-state index contributed by atoms with van der Waals surface area (Å²) in [5, 5.41) is 13.7. The van der Waals surface area contributed by atoms with Gasteiger partial charge >= 0.3 is 12.1 Å². The number of carboxylic acids is 1. The summed E-state index contributed by atoms with van der Waals surface area (Å²) in [6, 6.07) is -1.04. The number of amides is 1. The predicted octanol–water partition coefficient (Wildman–Crippen LogP) is 0.720. The number of hydrogen-bond donors (Lipinski definition) is 4. The van der Waals surface area contributed by atoms with E-state index in [-0.39, 0.29) is 12.4 Å². The Labute approximate surface area is 128 Å². The first-order valence-electron chi connectivity index (χ1n) is 6.76. The zero-order valence-electron chi connectivity index (χ0n) is 13.0. The third-order valence-electron chi connectivity index (χ3n) is 2.33. The van der Waals surface area contributed by atoms with E-state index >= 15 is 0 Å². The van der Waals surface area contributed by atoms with Gasteiger partial charge in [0.15, 0.2) is 0 Å². The number of rotatable bonds is 8. The number of nitrogens with two attached hydrogens (primary N) is 1. The maximum absolute atomic E-state index is 11.5. The van der Waals surface area contributed by atoms with E-state index in [2.05, 4.69) is 15.6 Å². The Balaban J connectivity index is 4.16. The molecule has 0 rings (SSSR count). The number of nitrogens with zero attached hydrogens (tertiary/aromatic N) is 2. The number of nitroso groups, excluding NO2 is 1. The first kappa shape index (κ1) is 19.6. The average molecular weight is 317 g/mol. The second-order valence-electron chi connectivity index (χ2n) is 5.50. The number of unbranched alkanes of at least 4 members (excludes halogenated alkanes) is 1. The predicted molar refractivity (Wildman–Crippen MR) is 80.1 cm³/mol. The minimum atomic E-state index is -1.14. The molecule has 1 atom stereocenters. The van der Waals surface area contributed by atoms with E-state index < -0.39 is 23.7 Å². The molecule has 5 N–H and O–H groups in total. The molecular weight excluding hydrogens is 294 g/mol. The number of aliphatic carboxylic acids is 1. The van der Waals surface area contributed by atoms with E-state index in [1.807, 2.05) is 5.43 Å². The van der Waals surface area contributed by atoms with Crippen molar-refractivity contribution in [3.63, 3.8) is 0 Å². The molecule has 0 radical (unpaired) electrons. The first-order chi connectivity index (χ1) is 10.2. The summed E-state index contributed by atoms with van der Waals surface area (Å²) < 4.78 is 5.00. The molecule has 10 nitrogen and oxygen atoms in total. The summed E-state index contributed by atoms with van der Waals surface area (Å²) in [5.41, 5.74) is 6.52. The molecule has 0 aliphatic rings. The lowest BCUT2D eigenvalue weighted by Gasteiger charge is -2.21. The second-order valence-corrected chi connectivity index (χ2v) is 5.50. The van der Waals surface area contributed by atoms with Crippen LogP contribution in [0.25, 0.3) is 0 Å². The van der Waals surface area contributed by atoms with Crippen molar-refractivity contribution >= 4 is 18.0 Å². The van der Waals surface area contributed by atoms with Crippen LogP contribution in [-0.4, -0.2) is 41.3 Å². The fraction of sp³-hybridized carbons (Fsp3) is 0.750. The van der Waals surface area contributed by atoms with Gasteiger partial charge in [-0.2, -0.15) is 0 Å². The van der Waals surface area contributed by atoms with Crippen LogP contribution in [0, 0.1) is 4.91 Å². The van der Waals surface area contributed by atoms with Crippen molar-refractivity contribution in [3.05, 3.63) is 4.91 Å². The summed E-state index contributed by atoms with van der Waals surface area (Å²) in [5.74, 6) is -1.24. The van der Waals surface area contributed by atoms with Crippen LogP contribution in [0.1, 0.15) is 40.0 Å². The van der Waals surface area contributed by atoms with Gasteiger partial charge in [0, 0.05) is 6.54 Å². The van der Waals surface area contributed by atoms with Crippen molar-refractivity contribution in [1.29, 1.82) is 0 Å². The van der Waals surface area contributed by atoms with E-state index in [1.165, 1.54) is 0 Å². The van der Waals surface area contributed by atoms with Crippen molar-refractivity contribution in [1.82, 2.24) is 10.7 Å². The SMILES string of the molecule is CC(C)(C)OC(=O)NC(CCCCN=C(N)NN=O)C(=O)O. The number of carbonyl (C=O) groups is 2. The Morgan fingerprint density at radius 1 is 1.32 bits per heavy atom. The fourth-order valence-electron chi connectivity index (χ4n) is 1.45. The topological polar surface area (TPSA) is 155 Å². The fourth-order valence-corrected chi connectivity index (χ4v) is 1.45. The lowest BCUT2D eigenvalue weighted by Crippen LogP contribution is -2.43. The molecule has 0 aliphatic carbocycles. The molecule has 0 aliphatic heterocycles. The molecule has 0 aromatic rings. The third-order valence-corrected chi connectivity index (χ3v) is 2.33. The van der Waals surface area contributed by atoms with Crippen LogP contribution in [0.3, 0.4) is 0 Å². The zero-order chi connectivity index (χ0) is 17.2. The summed E-state index contributed by atoms with van der Waals surface area (Å²) in [6.45, 7) is 5.38. The van der Waals surface area contributed by atoms with Gasteiger partial charge in [-0.15, -0.1) is 4.91 Å². The summed E-state index contributed by atoms with van der Waals surface area (Å²) in [6.07, 6.45) is 0.492. The van der Waals surface area contributed by atoms with Crippen LogP contribution in [0.15, 0.2) is 10.3 Å². The Morgan fingerprint density at radius 2 is 1.95 bits per heavy atom. The quantitative estimate of drug-likeness (QED) is 0.169. The highest BCUT2D eigenvalue weighted by atomic mass is 16.6. The maximum Gasteiger partial charge on any atom is 0.408 e. The summed E-state index contributed by atoms with van der Waals surface area (Å²) >= 11 is 0. The average Bonchev–Trinajstić information content (AvgIpc) is 2.34. The normalized spacial score (nSPS) is 13.1. The second kappa shape index (κ2) is 9.53. The monoisotopic (exact) mass is 317 g/mol. The van der Waals surface area contributed by atoms with Crippen LogP contribution in [0.2, 0.25) is 0 Å². The van der Waals surface area contributed by atoms with Crippen molar-refractivity contribution in [2.75, 3.05) is 6.54 Å². The van der Waals surface area contributed by atoms with Crippen LogP contribution in [0.4, 0.5) is 4.79 Å². The molecular formula is C12H23N5O5. The van der Waals surface area contributed by atoms with Gasteiger partial charge in [0.1, 0.15) is 11.6 Å². The molecule has 0 aromatic carbocycles. The molecule has 0 saturated carbocycles. The van der Waals surface area contributed by atoms with Crippen LogP contribution >= 0.6 is 0 Å². The molecule has 0 aromatic heterocycles. The lowest BCUT2D eigenvalue weighted by atomic mass is 10.1. The van der Waals surface area contributed by atoms with Gasteiger partial charge in [0.05, 0.1) is 5.29 Å². The van der Waals surface area contributed by atoms with Gasteiger partial charge in [-0.3, -0.25) is 4.99 Å². The number of alkyl carbamates (subject to hydrolysis) is 1. The van der Waals surface area contributed by atoms with Crippen molar-refractivity contribution in [2.24, 2.45) is 16.0 Å². The zero-order valence-corrected chi connectivity index (χ0v) is 13.0. The maximum atomic E-state index is 11.5. The van der Waals surface area contributed by atoms with E-state index in [9.17, 15) is 14.5 Å².